The molecule has 98 valence electrons. The van der Waals surface area contributed by atoms with Gasteiger partial charge in [-0.3, -0.25) is 0 Å². The summed E-state index contributed by atoms with van der Waals surface area (Å²) < 4.78 is 11.9. The van der Waals surface area contributed by atoms with Gasteiger partial charge in [0.05, 0.1) is 0 Å². The van der Waals surface area contributed by atoms with Crippen LogP contribution >= 0.6 is 0 Å². The molecule has 0 aliphatic carbocycles. The molecular weight excluding hydrogens is 236 g/mol. The minimum Gasteiger partial charge on any atom is -0.487 e. The Labute approximate surface area is 114 Å². The first-order valence-corrected chi connectivity index (χ1v) is 6.67. The lowest BCUT2D eigenvalue weighted by molar-refractivity contribution is 0.0844. The molecule has 0 spiro atoms. The van der Waals surface area contributed by atoms with Gasteiger partial charge in [0, 0.05) is 6.07 Å². The summed E-state index contributed by atoms with van der Waals surface area (Å²) in [7, 11) is 0. The van der Waals surface area contributed by atoms with E-state index in [0.29, 0.717) is 0 Å². The normalized spacial score (nSPS) is 16.3. The summed E-state index contributed by atoms with van der Waals surface area (Å²) in [6, 6.07) is 15.9. The third-order valence-corrected chi connectivity index (χ3v) is 3.40. The van der Waals surface area contributed by atoms with Gasteiger partial charge in [0.25, 0.3) is 0 Å². The number of hydrogen-bond donors (Lipinski definition) is 0. The Kier molecular flexibility index (Phi) is 2.94. The average molecular weight is 254 g/mol. The Bertz CT molecular complexity index is 573. The first kappa shape index (κ1) is 12.1. The van der Waals surface area contributed by atoms with Gasteiger partial charge in [-0.15, -0.1) is 0 Å². The Morgan fingerprint density at radius 1 is 1.00 bits per heavy atom. The van der Waals surface area contributed by atoms with Crippen molar-refractivity contribution >= 4 is 0 Å². The standard InChI is InChI=1S/C17H18O2/c1-17(2)11-10-13-8-9-15(12-16(13)19-17)18-14-6-4-3-5-7-14/h3-9,12H,10-11H2,1-2H3. The molecule has 0 aromatic heterocycles. The number of fused-ring (bicyclic) bond motifs is 1. The van der Waals surface area contributed by atoms with Crippen LogP contribution < -0.4 is 9.47 Å². The van der Waals surface area contributed by atoms with Crippen LogP contribution in [0.4, 0.5) is 0 Å². The van der Waals surface area contributed by atoms with Gasteiger partial charge in [0.1, 0.15) is 22.8 Å². The van der Waals surface area contributed by atoms with Crippen LogP contribution in [0.2, 0.25) is 0 Å². The van der Waals surface area contributed by atoms with Crippen molar-refractivity contribution < 1.29 is 9.47 Å². The lowest BCUT2D eigenvalue weighted by atomic mass is 9.94. The van der Waals surface area contributed by atoms with Crippen LogP contribution in [0.3, 0.4) is 0 Å². The quantitative estimate of drug-likeness (QED) is 0.780. The second-order valence-electron chi connectivity index (χ2n) is 5.55. The molecule has 1 heterocycles. The number of aryl methyl sites for hydroxylation is 1. The van der Waals surface area contributed by atoms with Crippen molar-refractivity contribution in [3.05, 3.63) is 54.1 Å². The third kappa shape index (κ3) is 2.73. The number of rotatable bonds is 2. The van der Waals surface area contributed by atoms with E-state index in [4.69, 9.17) is 9.47 Å². The number of hydrogen-bond acceptors (Lipinski definition) is 2. The van der Waals surface area contributed by atoms with Gasteiger partial charge in [0.15, 0.2) is 0 Å². The van der Waals surface area contributed by atoms with E-state index in [9.17, 15) is 0 Å². The molecule has 0 N–H and O–H groups in total. The molecule has 0 saturated carbocycles. The zero-order valence-electron chi connectivity index (χ0n) is 11.3. The average Bonchev–Trinajstić information content (AvgIpc) is 2.38. The highest BCUT2D eigenvalue weighted by Gasteiger charge is 2.26. The fraction of sp³-hybridized carbons (Fsp3) is 0.294. The molecule has 2 heteroatoms. The van der Waals surface area contributed by atoms with E-state index in [-0.39, 0.29) is 5.60 Å². The van der Waals surface area contributed by atoms with E-state index in [1.54, 1.807) is 0 Å². The van der Waals surface area contributed by atoms with E-state index >= 15 is 0 Å². The molecule has 0 amide bonds. The SMILES string of the molecule is CC1(C)CCc2ccc(Oc3ccccc3)cc2O1. The highest BCUT2D eigenvalue weighted by atomic mass is 16.5. The topological polar surface area (TPSA) is 18.5 Å². The molecule has 0 bridgehead atoms. The van der Waals surface area contributed by atoms with Crippen molar-refractivity contribution in [2.75, 3.05) is 0 Å². The molecule has 0 radical (unpaired) electrons. The van der Waals surface area contributed by atoms with Crippen LogP contribution in [0.5, 0.6) is 17.2 Å². The van der Waals surface area contributed by atoms with Crippen LogP contribution in [-0.4, -0.2) is 5.60 Å². The molecular formula is C17H18O2. The zero-order chi connectivity index (χ0) is 13.3. The smallest absolute Gasteiger partial charge is 0.131 e. The lowest BCUT2D eigenvalue weighted by Gasteiger charge is -2.32. The fourth-order valence-electron chi connectivity index (χ4n) is 2.31. The van der Waals surface area contributed by atoms with Gasteiger partial charge < -0.3 is 9.47 Å². The van der Waals surface area contributed by atoms with E-state index in [2.05, 4.69) is 19.9 Å². The van der Waals surface area contributed by atoms with E-state index in [1.807, 2.05) is 42.5 Å². The first-order chi connectivity index (χ1) is 9.12. The zero-order valence-corrected chi connectivity index (χ0v) is 11.3. The lowest BCUT2D eigenvalue weighted by Crippen LogP contribution is -2.32. The summed E-state index contributed by atoms with van der Waals surface area (Å²) in [6.07, 6.45) is 2.12. The molecule has 0 saturated heterocycles. The van der Waals surface area contributed by atoms with Crippen molar-refractivity contribution in [1.82, 2.24) is 0 Å². The highest BCUT2D eigenvalue weighted by Crippen LogP contribution is 2.36. The van der Waals surface area contributed by atoms with Crippen molar-refractivity contribution in [1.29, 1.82) is 0 Å². The fourth-order valence-corrected chi connectivity index (χ4v) is 2.31. The predicted molar refractivity (Wildman–Crippen MR) is 76.0 cm³/mol. The summed E-state index contributed by atoms with van der Waals surface area (Å²) in [5.74, 6) is 2.62. The molecule has 1 aliphatic rings. The molecule has 2 aromatic rings. The number of ether oxygens (including phenoxy) is 2. The minimum absolute atomic E-state index is 0.0850. The maximum atomic E-state index is 6.02. The highest BCUT2D eigenvalue weighted by molar-refractivity contribution is 5.44. The Balaban J connectivity index is 1.85. The molecule has 0 fully saturated rings. The van der Waals surface area contributed by atoms with Gasteiger partial charge in [-0.25, -0.2) is 0 Å². The van der Waals surface area contributed by atoms with Crippen LogP contribution in [-0.2, 0) is 6.42 Å². The Morgan fingerprint density at radius 3 is 2.58 bits per heavy atom. The molecule has 3 rings (SSSR count). The molecule has 1 aliphatic heterocycles. The van der Waals surface area contributed by atoms with Crippen molar-refractivity contribution in [2.45, 2.75) is 32.3 Å². The Hall–Kier alpha value is -1.96. The second kappa shape index (κ2) is 4.61. The Morgan fingerprint density at radius 2 is 1.79 bits per heavy atom. The van der Waals surface area contributed by atoms with Crippen LogP contribution in [0.25, 0.3) is 0 Å². The van der Waals surface area contributed by atoms with Crippen molar-refractivity contribution in [3.63, 3.8) is 0 Å². The van der Waals surface area contributed by atoms with Gasteiger partial charge in [-0.1, -0.05) is 24.3 Å². The summed E-state index contributed by atoms with van der Waals surface area (Å²) in [5.41, 5.74) is 1.18. The molecule has 0 atom stereocenters. The van der Waals surface area contributed by atoms with Crippen LogP contribution in [0.1, 0.15) is 25.8 Å². The van der Waals surface area contributed by atoms with Crippen LogP contribution in [0.15, 0.2) is 48.5 Å². The summed E-state index contributed by atoms with van der Waals surface area (Å²) in [5, 5.41) is 0. The van der Waals surface area contributed by atoms with E-state index < -0.39 is 0 Å². The van der Waals surface area contributed by atoms with Crippen molar-refractivity contribution in [2.24, 2.45) is 0 Å². The molecule has 2 aromatic carbocycles. The number of benzene rings is 2. The summed E-state index contributed by atoms with van der Waals surface area (Å²) >= 11 is 0. The predicted octanol–water partition coefficient (Wildman–Crippen LogP) is 4.58. The van der Waals surface area contributed by atoms with Gasteiger partial charge in [0.2, 0.25) is 0 Å². The maximum absolute atomic E-state index is 6.02. The third-order valence-electron chi connectivity index (χ3n) is 3.40. The second-order valence-corrected chi connectivity index (χ2v) is 5.55. The van der Waals surface area contributed by atoms with E-state index in [1.165, 1.54) is 5.56 Å². The molecule has 0 unspecified atom stereocenters. The van der Waals surface area contributed by atoms with Gasteiger partial charge >= 0.3 is 0 Å². The molecule has 2 nitrogen and oxygen atoms in total. The van der Waals surface area contributed by atoms with Gasteiger partial charge in [-0.05, 0) is 50.5 Å². The monoisotopic (exact) mass is 254 g/mol. The molecule has 19 heavy (non-hydrogen) atoms. The minimum atomic E-state index is -0.0850. The van der Waals surface area contributed by atoms with Gasteiger partial charge in [-0.2, -0.15) is 0 Å². The largest absolute Gasteiger partial charge is 0.487 e. The summed E-state index contributed by atoms with van der Waals surface area (Å²) in [6.45, 7) is 4.25. The van der Waals surface area contributed by atoms with Crippen LogP contribution in [0, 0.1) is 0 Å². The van der Waals surface area contributed by atoms with Crippen molar-refractivity contribution in [3.8, 4) is 17.2 Å². The summed E-state index contributed by atoms with van der Waals surface area (Å²) in [4.78, 5) is 0. The van der Waals surface area contributed by atoms with E-state index in [0.717, 1.165) is 30.1 Å². The maximum Gasteiger partial charge on any atom is 0.131 e. The first-order valence-electron chi connectivity index (χ1n) is 6.67. The number of para-hydroxylation sites is 1.